The number of hydrogen-bond donors (Lipinski definition) is 0. The summed E-state index contributed by atoms with van der Waals surface area (Å²) in [6, 6.07) is 35.1. The highest BCUT2D eigenvalue weighted by molar-refractivity contribution is 6.25. The van der Waals surface area contributed by atoms with Crippen molar-refractivity contribution in [3.8, 4) is 11.1 Å². The van der Waals surface area contributed by atoms with E-state index < -0.39 is 0 Å². The van der Waals surface area contributed by atoms with Crippen LogP contribution in [0.1, 0.15) is 95.2 Å². The van der Waals surface area contributed by atoms with Gasteiger partial charge in [-0.15, -0.1) is 0 Å². The summed E-state index contributed by atoms with van der Waals surface area (Å²) in [4.78, 5) is 5.68. The Morgan fingerprint density at radius 2 is 1.30 bits per heavy atom. The Balaban J connectivity index is 1.27. The standard InChI is InChI=1S/C42H45NO/c1-29(31-15-6-3-7-16-31)40(34-17-8-4-9-18-34)41(35-19-10-5-11-20-35)43-30(2)32-25-27-33(28-26-32)36-22-14-23-38-37-21-12-13-24-39(37)44-42(36)38/h4,8-9,12-14,17-18,21-28,30-31,35H,3,5-7,10-11,15-16,19-20H2,1-2H3/b40-29+,43-41?. The summed E-state index contributed by atoms with van der Waals surface area (Å²) >= 11 is 0. The molecule has 4 aromatic carbocycles. The molecule has 7 rings (SSSR count). The van der Waals surface area contributed by atoms with E-state index in [4.69, 9.17) is 9.41 Å². The molecule has 1 aromatic heterocycles. The van der Waals surface area contributed by atoms with Gasteiger partial charge < -0.3 is 4.42 Å². The lowest BCUT2D eigenvalue weighted by Crippen LogP contribution is -2.23. The molecule has 1 atom stereocenters. The first-order chi connectivity index (χ1) is 21.7. The van der Waals surface area contributed by atoms with Gasteiger partial charge >= 0.3 is 0 Å². The molecule has 0 spiro atoms. The first kappa shape index (κ1) is 28.8. The highest BCUT2D eigenvalue weighted by Crippen LogP contribution is 2.40. The van der Waals surface area contributed by atoms with Crippen LogP contribution in [0.25, 0.3) is 38.6 Å². The third-order valence-electron chi connectivity index (χ3n) is 10.4. The normalized spacial score (nSPS) is 18.5. The van der Waals surface area contributed by atoms with Crippen molar-refractivity contribution in [1.82, 2.24) is 0 Å². The summed E-state index contributed by atoms with van der Waals surface area (Å²) in [6.45, 7) is 4.71. The molecule has 0 aliphatic heterocycles. The van der Waals surface area contributed by atoms with Crippen molar-refractivity contribution in [2.24, 2.45) is 16.8 Å². The van der Waals surface area contributed by atoms with E-state index in [0.717, 1.165) is 16.7 Å². The fourth-order valence-electron chi connectivity index (χ4n) is 7.87. The maximum atomic E-state index is 6.35. The molecule has 2 aliphatic rings. The molecule has 1 unspecified atom stereocenters. The summed E-state index contributed by atoms with van der Waals surface area (Å²) in [5.74, 6) is 1.20. The van der Waals surface area contributed by atoms with Crippen molar-refractivity contribution < 1.29 is 4.42 Å². The van der Waals surface area contributed by atoms with Gasteiger partial charge in [-0.05, 0) is 68.2 Å². The Hall–Kier alpha value is -3.91. The Bertz CT molecular complexity index is 1780. The summed E-state index contributed by atoms with van der Waals surface area (Å²) in [6.07, 6.45) is 13.2. The van der Waals surface area contributed by atoms with Crippen molar-refractivity contribution >= 4 is 33.2 Å². The van der Waals surface area contributed by atoms with Gasteiger partial charge in [-0.25, -0.2) is 0 Å². The van der Waals surface area contributed by atoms with Crippen LogP contribution in [0.2, 0.25) is 0 Å². The van der Waals surface area contributed by atoms with Gasteiger partial charge in [-0.1, -0.05) is 135 Å². The molecule has 0 N–H and O–H groups in total. The number of aliphatic imine (C=N–C) groups is 1. The summed E-state index contributed by atoms with van der Waals surface area (Å²) in [7, 11) is 0. The highest BCUT2D eigenvalue weighted by atomic mass is 16.3. The lowest BCUT2D eigenvalue weighted by molar-refractivity contribution is 0.403. The number of benzene rings is 4. The minimum absolute atomic E-state index is 0.0841. The highest BCUT2D eigenvalue weighted by Gasteiger charge is 2.28. The van der Waals surface area contributed by atoms with Crippen LogP contribution in [0.15, 0.2) is 112 Å². The van der Waals surface area contributed by atoms with E-state index in [1.165, 1.54) is 103 Å². The predicted octanol–water partition coefficient (Wildman–Crippen LogP) is 12.4. The van der Waals surface area contributed by atoms with Gasteiger partial charge in [0, 0.05) is 33.5 Å². The summed E-state index contributed by atoms with van der Waals surface area (Å²) in [5, 5.41) is 2.34. The number of furan rings is 1. The van der Waals surface area contributed by atoms with Crippen molar-refractivity contribution in [2.45, 2.75) is 84.1 Å². The van der Waals surface area contributed by atoms with E-state index in [0.29, 0.717) is 11.8 Å². The minimum atomic E-state index is 0.0841. The van der Waals surface area contributed by atoms with Crippen LogP contribution < -0.4 is 0 Å². The first-order valence-electron chi connectivity index (χ1n) is 17.0. The van der Waals surface area contributed by atoms with Crippen molar-refractivity contribution in [3.05, 3.63) is 114 Å². The molecule has 0 saturated heterocycles. The van der Waals surface area contributed by atoms with E-state index in [1.807, 2.05) is 6.07 Å². The van der Waals surface area contributed by atoms with E-state index in [9.17, 15) is 0 Å². The van der Waals surface area contributed by atoms with Gasteiger partial charge in [0.15, 0.2) is 0 Å². The van der Waals surface area contributed by atoms with Crippen LogP contribution in [0, 0.1) is 11.8 Å². The Morgan fingerprint density at radius 3 is 2.02 bits per heavy atom. The number of hydrogen-bond acceptors (Lipinski definition) is 2. The maximum absolute atomic E-state index is 6.35. The van der Waals surface area contributed by atoms with E-state index in [2.05, 4.69) is 105 Å². The Labute approximate surface area is 262 Å². The molecular weight excluding hydrogens is 534 g/mol. The first-order valence-corrected chi connectivity index (χ1v) is 17.0. The molecule has 2 fully saturated rings. The second kappa shape index (κ2) is 13.0. The van der Waals surface area contributed by atoms with Crippen LogP contribution in [0.3, 0.4) is 0 Å². The van der Waals surface area contributed by atoms with E-state index >= 15 is 0 Å². The fourth-order valence-corrected chi connectivity index (χ4v) is 7.87. The molecule has 0 amide bonds. The van der Waals surface area contributed by atoms with Crippen LogP contribution in [-0.4, -0.2) is 5.71 Å². The molecule has 2 saturated carbocycles. The summed E-state index contributed by atoms with van der Waals surface area (Å²) < 4.78 is 6.35. The molecule has 1 heterocycles. The fraction of sp³-hybridized carbons (Fsp3) is 0.357. The smallest absolute Gasteiger partial charge is 0.143 e. The third kappa shape index (κ3) is 5.80. The second-order valence-corrected chi connectivity index (χ2v) is 13.2. The molecule has 0 bridgehead atoms. The SMILES string of the molecule is C/C(=C(\C(=NC(C)c1ccc(-c2cccc3c2oc2ccccc23)cc1)C1CCCCC1)c1ccccc1)C1CCCCC1. The van der Waals surface area contributed by atoms with Gasteiger partial charge in [-0.3, -0.25) is 4.99 Å². The molecule has 2 aliphatic carbocycles. The van der Waals surface area contributed by atoms with Gasteiger partial charge in [-0.2, -0.15) is 0 Å². The number of fused-ring (bicyclic) bond motifs is 3. The zero-order chi connectivity index (χ0) is 29.9. The zero-order valence-corrected chi connectivity index (χ0v) is 26.4. The quantitative estimate of drug-likeness (QED) is 0.176. The largest absolute Gasteiger partial charge is 0.455 e. The van der Waals surface area contributed by atoms with Crippen LogP contribution in [0.5, 0.6) is 0 Å². The van der Waals surface area contributed by atoms with E-state index in [-0.39, 0.29) is 6.04 Å². The van der Waals surface area contributed by atoms with Gasteiger partial charge in [0.2, 0.25) is 0 Å². The minimum Gasteiger partial charge on any atom is -0.455 e. The van der Waals surface area contributed by atoms with Gasteiger partial charge in [0.05, 0.1) is 6.04 Å². The number of allylic oxidation sites excluding steroid dienone is 2. The van der Waals surface area contributed by atoms with Crippen LogP contribution in [0.4, 0.5) is 0 Å². The monoisotopic (exact) mass is 579 g/mol. The van der Waals surface area contributed by atoms with Crippen molar-refractivity contribution in [3.63, 3.8) is 0 Å². The van der Waals surface area contributed by atoms with Crippen LogP contribution >= 0.6 is 0 Å². The molecule has 5 aromatic rings. The molecular formula is C42H45NO. The molecule has 44 heavy (non-hydrogen) atoms. The zero-order valence-electron chi connectivity index (χ0n) is 26.4. The lowest BCUT2D eigenvalue weighted by atomic mass is 9.76. The number of para-hydroxylation sites is 2. The van der Waals surface area contributed by atoms with Crippen molar-refractivity contribution in [1.29, 1.82) is 0 Å². The molecule has 0 radical (unpaired) electrons. The average Bonchev–Trinajstić information content (AvgIpc) is 3.48. The topological polar surface area (TPSA) is 25.5 Å². The average molecular weight is 580 g/mol. The Morgan fingerprint density at radius 1 is 0.659 bits per heavy atom. The maximum Gasteiger partial charge on any atom is 0.143 e. The summed E-state index contributed by atoms with van der Waals surface area (Å²) in [5.41, 5.74) is 11.2. The van der Waals surface area contributed by atoms with Gasteiger partial charge in [0.25, 0.3) is 0 Å². The Kier molecular flexibility index (Phi) is 8.51. The van der Waals surface area contributed by atoms with E-state index in [1.54, 1.807) is 5.57 Å². The second-order valence-electron chi connectivity index (χ2n) is 13.2. The number of nitrogens with zero attached hydrogens (tertiary/aromatic N) is 1. The lowest BCUT2D eigenvalue weighted by Gasteiger charge is -2.31. The molecule has 2 heteroatoms. The predicted molar refractivity (Wildman–Crippen MR) is 187 cm³/mol. The van der Waals surface area contributed by atoms with Crippen molar-refractivity contribution in [2.75, 3.05) is 0 Å². The molecule has 224 valence electrons. The number of rotatable bonds is 7. The van der Waals surface area contributed by atoms with Gasteiger partial charge in [0.1, 0.15) is 11.2 Å². The molecule has 2 nitrogen and oxygen atoms in total. The third-order valence-corrected chi connectivity index (χ3v) is 10.4. The van der Waals surface area contributed by atoms with Crippen LogP contribution in [-0.2, 0) is 0 Å².